The van der Waals surface area contributed by atoms with Gasteiger partial charge in [-0.3, -0.25) is 4.79 Å². The third kappa shape index (κ3) is 1.96. The molecule has 1 aliphatic heterocycles. The fourth-order valence-electron chi connectivity index (χ4n) is 1.76. The molecule has 1 fully saturated rings. The molecule has 2 nitrogen and oxygen atoms in total. The van der Waals surface area contributed by atoms with Gasteiger partial charge in [0, 0.05) is 6.54 Å². The number of anilines is 1. The molecule has 0 aromatic heterocycles. The molecule has 0 N–H and O–H groups in total. The molecule has 1 saturated heterocycles. The number of nitrogens with zero attached hydrogens (tertiary/aromatic N) is 1. The van der Waals surface area contributed by atoms with Crippen LogP contribution < -0.4 is 4.90 Å². The van der Waals surface area contributed by atoms with Crippen LogP contribution in [-0.4, -0.2) is 17.3 Å². The summed E-state index contributed by atoms with van der Waals surface area (Å²) in [6, 6.07) is 3.62. The van der Waals surface area contributed by atoms with Crippen LogP contribution in [0.5, 0.6) is 0 Å². The normalized spacial score (nSPS) is 20.6. The Kier molecular flexibility index (Phi) is 3.48. The Balaban J connectivity index is 2.48. The fourth-order valence-corrected chi connectivity index (χ4v) is 2.78. The van der Waals surface area contributed by atoms with Gasteiger partial charge in [0.25, 0.3) is 0 Å². The number of carbonyl (C=O) groups excluding carboxylic acids is 1. The predicted octanol–water partition coefficient (Wildman–Crippen LogP) is 3.80. The van der Waals surface area contributed by atoms with Crippen LogP contribution in [0.4, 0.5) is 5.69 Å². The Morgan fingerprint density at radius 3 is 2.69 bits per heavy atom. The van der Waals surface area contributed by atoms with Gasteiger partial charge >= 0.3 is 0 Å². The molecule has 1 unspecified atom stereocenters. The average molecular weight is 323 g/mol. The van der Waals surface area contributed by atoms with Crippen molar-refractivity contribution >= 4 is 50.7 Å². The lowest BCUT2D eigenvalue weighted by Crippen LogP contribution is -2.27. The summed E-state index contributed by atoms with van der Waals surface area (Å²) < 4.78 is 0. The number of hydrogen-bond donors (Lipinski definition) is 0. The molecule has 1 aromatic rings. The van der Waals surface area contributed by atoms with Gasteiger partial charge < -0.3 is 4.90 Å². The smallest absolute Gasteiger partial charge is 0.240 e. The third-order valence-corrected chi connectivity index (χ3v) is 4.30. The van der Waals surface area contributed by atoms with E-state index < -0.39 is 0 Å². The molecular weight excluding hydrogens is 313 g/mol. The predicted molar refractivity (Wildman–Crippen MR) is 70.9 cm³/mol. The minimum absolute atomic E-state index is 0.0226. The van der Waals surface area contributed by atoms with E-state index in [-0.39, 0.29) is 10.7 Å². The summed E-state index contributed by atoms with van der Waals surface area (Å²) in [5.74, 6) is 0.0226. The second-order valence-corrected chi connectivity index (χ2v) is 5.66. The van der Waals surface area contributed by atoms with Gasteiger partial charge in [-0.1, -0.05) is 45.2 Å². The van der Waals surface area contributed by atoms with Crippen LogP contribution in [0.2, 0.25) is 10.0 Å². The van der Waals surface area contributed by atoms with E-state index in [4.69, 9.17) is 23.2 Å². The summed E-state index contributed by atoms with van der Waals surface area (Å²) in [6.45, 7) is 2.55. The molecule has 1 amide bonds. The van der Waals surface area contributed by atoms with E-state index in [1.54, 1.807) is 11.0 Å². The monoisotopic (exact) mass is 321 g/mol. The quantitative estimate of drug-likeness (QED) is 0.720. The molecule has 0 radical (unpaired) electrons. The molecule has 1 aliphatic rings. The molecule has 0 saturated carbocycles. The standard InChI is InChI=1S/C11H10BrCl2NO/c1-6-2-3-8(13)10(9(6)14)15-5-4-7(12)11(15)16/h2-3,7H,4-5H2,1H3. The number of hydrogen-bond acceptors (Lipinski definition) is 1. The lowest BCUT2D eigenvalue weighted by molar-refractivity contribution is -0.116. The zero-order chi connectivity index (χ0) is 11.9. The summed E-state index contributed by atoms with van der Waals surface area (Å²) in [5, 5.41) is 1.08. The molecular formula is C11H10BrCl2NO. The van der Waals surface area contributed by atoms with E-state index in [1.807, 2.05) is 13.0 Å². The number of aryl methyl sites for hydroxylation is 1. The molecule has 0 bridgehead atoms. The van der Waals surface area contributed by atoms with Crippen molar-refractivity contribution < 1.29 is 4.79 Å². The van der Waals surface area contributed by atoms with Crippen LogP contribution >= 0.6 is 39.1 Å². The first-order chi connectivity index (χ1) is 7.52. The second-order valence-electron chi connectivity index (χ2n) is 3.77. The van der Waals surface area contributed by atoms with Gasteiger partial charge in [-0.05, 0) is 25.0 Å². The average Bonchev–Trinajstić information content (AvgIpc) is 2.56. The van der Waals surface area contributed by atoms with Gasteiger partial charge in [0.1, 0.15) is 0 Å². The van der Waals surface area contributed by atoms with Gasteiger partial charge in [-0.25, -0.2) is 0 Å². The van der Waals surface area contributed by atoms with Crippen LogP contribution in [0.3, 0.4) is 0 Å². The van der Waals surface area contributed by atoms with Crippen molar-refractivity contribution in [1.82, 2.24) is 0 Å². The van der Waals surface area contributed by atoms with Crippen LogP contribution in [0, 0.1) is 6.92 Å². The summed E-state index contributed by atoms with van der Waals surface area (Å²) >= 11 is 15.6. The van der Waals surface area contributed by atoms with E-state index in [2.05, 4.69) is 15.9 Å². The lowest BCUT2D eigenvalue weighted by Gasteiger charge is -2.20. The van der Waals surface area contributed by atoms with Crippen molar-refractivity contribution in [2.24, 2.45) is 0 Å². The minimum Gasteiger partial charge on any atom is -0.309 e. The van der Waals surface area contributed by atoms with Crippen molar-refractivity contribution in [3.63, 3.8) is 0 Å². The molecule has 2 rings (SSSR count). The molecule has 1 heterocycles. The van der Waals surface area contributed by atoms with Crippen molar-refractivity contribution in [1.29, 1.82) is 0 Å². The molecule has 1 aromatic carbocycles. The number of amides is 1. The largest absolute Gasteiger partial charge is 0.309 e. The van der Waals surface area contributed by atoms with Crippen LogP contribution in [0.25, 0.3) is 0 Å². The lowest BCUT2D eigenvalue weighted by atomic mass is 10.2. The van der Waals surface area contributed by atoms with Crippen molar-refractivity contribution in [3.05, 3.63) is 27.7 Å². The van der Waals surface area contributed by atoms with E-state index >= 15 is 0 Å². The molecule has 16 heavy (non-hydrogen) atoms. The summed E-state index contributed by atoms with van der Waals surface area (Å²) in [5.41, 5.74) is 1.56. The third-order valence-electron chi connectivity index (χ3n) is 2.67. The first-order valence-corrected chi connectivity index (χ1v) is 6.59. The maximum Gasteiger partial charge on any atom is 0.240 e. The molecule has 5 heteroatoms. The topological polar surface area (TPSA) is 20.3 Å². The van der Waals surface area contributed by atoms with Crippen molar-refractivity contribution in [2.75, 3.05) is 11.4 Å². The number of carbonyl (C=O) groups is 1. The first-order valence-electron chi connectivity index (χ1n) is 4.92. The summed E-state index contributed by atoms with van der Waals surface area (Å²) in [4.78, 5) is 13.4. The molecule has 1 atom stereocenters. The van der Waals surface area contributed by atoms with Crippen molar-refractivity contribution in [3.8, 4) is 0 Å². The minimum atomic E-state index is -0.125. The highest BCUT2D eigenvalue weighted by atomic mass is 79.9. The first kappa shape index (κ1) is 12.2. The maximum atomic E-state index is 11.9. The van der Waals surface area contributed by atoms with Crippen molar-refractivity contribution in [2.45, 2.75) is 18.2 Å². The zero-order valence-corrected chi connectivity index (χ0v) is 11.7. The molecule has 86 valence electrons. The number of benzene rings is 1. The van der Waals surface area contributed by atoms with E-state index in [0.717, 1.165) is 12.0 Å². The SMILES string of the molecule is Cc1ccc(Cl)c(N2CCC(Br)C2=O)c1Cl. The number of alkyl halides is 1. The molecule has 0 spiro atoms. The van der Waals surface area contributed by atoms with E-state index in [9.17, 15) is 4.79 Å². The van der Waals surface area contributed by atoms with Crippen LogP contribution in [-0.2, 0) is 4.79 Å². The summed E-state index contributed by atoms with van der Waals surface area (Å²) in [6.07, 6.45) is 0.777. The van der Waals surface area contributed by atoms with Gasteiger partial charge in [-0.15, -0.1) is 0 Å². The number of halogens is 3. The van der Waals surface area contributed by atoms with Gasteiger partial charge in [0.15, 0.2) is 0 Å². The Labute approximate surface area is 113 Å². The Bertz CT molecular complexity index is 450. The Hall–Kier alpha value is -0.250. The second kappa shape index (κ2) is 4.55. The Morgan fingerprint density at radius 1 is 1.44 bits per heavy atom. The Morgan fingerprint density at radius 2 is 2.12 bits per heavy atom. The number of rotatable bonds is 1. The van der Waals surface area contributed by atoms with Gasteiger partial charge in [-0.2, -0.15) is 0 Å². The van der Waals surface area contributed by atoms with Gasteiger partial charge in [0.2, 0.25) is 5.91 Å². The highest BCUT2D eigenvalue weighted by Crippen LogP contribution is 2.38. The molecule has 0 aliphatic carbocycles. The summed E-state index contributed by atoms with van der Waals surface area (Å²) in [7, 11) is 0. The highest BCUT2D eigenvalue weighted by molar-refractivity contribution is 9.10. The van der Waals surface area contributed by atoms with Crippen LogP contribution in [0.15, 0.2) is 12.1 Å². The highest BCUT2D eigenvalue weighted by Gasteiger charge is 2.32. The fraction of sp³-hybridized carbons (Fsp3) is 0.364. The van der Waals surface area contributed by atoms with E-state index in [1.165, 1.54) is 0 Å². The maximum absolute atomic E-state index is 11.9. The zero-order valence-electron chi connectivity index (χ0n) is 8.64. The van der Waals surface area contributed by atoms with Gasteiger partial charge in [0.05, 0.1) is 20.6 Å². The van der Waals surface area contributed by atoms with Crippen LogP contribution in [0.1, 0.15) is 12.0 Å². The van der Waals surface area contributed by atoms with E-state index in [0.29, 0.717) is 22.3 Å².